The molecule has 0 saturated carbocycles. The summed E-state index contributed by atoms with van der Waals surface area (Å²) in [5.41, 5.74) is 5.65. The van der Waals surface area contributed by atoms with E-state index in [9.17, 15) is 17.6 Å². The Labute approximate surface area is 134 Å². The van der Waals surface area contributed by atoms with Crippen LogP contribution in [0, 0.1) is 0 Å². The van der Waals surface area contributed by atoms with Gasteiger partial charge < -0.3 is 16.4 Å². The van der Waals surface area contributed by atoms with Crippen molar-refractivity contribution in [2.24, 2.45) is 5.73 Å². The maximum Gasteiger partial charge on any atom is 0.241 e. The Hall–Kier alpha value is -1.55. The maximum absolute atomic E-state index is 13.1. The normalized spacial score (nSPS) is 21.8. The summed E-state index contributed by atoms with van der Waals surface area (Å²) in [6, 6.07) is 5.47. The zero-order valence-electron chi connectivity index (χ0n) is 12.6. The highest BCUT2D eigenvalue weighted by molar-refractivity contribution is 7.89. The predicted octanol–water partition coefficient (Wildman–Crippen LogP) is -0.0478. The number of alkyl halides is 1. The Morgan fingerprint density at radius 2 is 2.17 bits per heavy atom. The molecule has 5 N–H and O–H groups in total. The van der Waals surface area contributed by atoms with Crippen LogP contribution in [-0.4, -0.2) is 46.2 Å². The molecule has 7 nitrogen and oxygen atoms in total. The second-order valence-corrected chi connectivity index (χ2v) is 7.11. The van der Waals surface area contributed by atoms with Gasteiger partial charge in [-0.2, -0.15) is 0 Å². The van der Waals surface area contributed by atoms with Crippen molar-refractivity contribution in [2.45, 2.75) is 30.0 Å². The molecular formula is C14H21FN4O3S. The highest BCUT2D eigenvalue weighted by Crippen LogP contribution is 2.17. The van der Waals surface area contributed by atoms with Crippen molar-refractivity contribution in [3.63, 3.8) is 0 Å². The van der Waals surface area contributed by atoms with Crippen LogP contribution in [0.3, 0.4) is 0 Å². The first-order chi connectivity index (χ1) is 10.9. The van der Waals surface area contributed by atoms with E-state index in [4.69, 9.17) is 5.73 Å². The zero-order valence-corrected chi connectivity index (χ0v) is 13.4. The van der Waals surface area contributed by atoms with E-state index in [1.165, 1.54) is 12.1 Å². The first-order valence-electron chi connectivity index (χ1n) is 7.40. The minimum atomic E-state index is -3.66. The molecule has 2 atom stereocenters. The number of hydrogen-bond acceptors (Lipinski definition) is 5. The highest BCUT2D eigenvalue weighted by atomic mass is 32.2. The Morgan fingerprint density at radius 1 is 1.39 bits per heavy atom. The highest BCUT2D eigenvalue weighted by Gasteiger charge is 2.25. The van der Waals surface area contributed by atoms with Crippen LogP contribution in [0.2, 0.25) is 0 Å². The van der Waals surface area contributed by atoms with Crippen molar-refractivity contribution in [3.8, 4) is 0 Å². The van der Waals surface area contributed by atoms with Crippen LogP contribution in [-0.2, 0) is 14.8 Å². The molecule has 0 bridgehead atoms. The quantitative estimate of drug-likeness (QED) is 0.578. The van der Waals surface area contributed by atoms with Crippen molar-refractivity contribution in [2.75, 3.05) is 25.0 Å². The van der Waals surface area contributed by atoms with Crippen molar-refractivity contribution < 1.29 is 17.6 Å². The number of nitrogens with one attached hydrogen (secondary N) is 3. The van der Waals surface area contributed by atoms with Crippen LogP contribution in [0.1, 0.15) is 12.8 Å². The van der Waals surface area contributed by atoms with Gasteiger partial charge in [0.2, 0.25) is 15.9 Å². The molecule has 23 heavy (non-hydrogen) atoms. The third-order valence-corrected chi connectivity index (χ3v) is 4.98. The third kappa shape index (κ3) is 4.96. The number of carbonyl (C=O) groups excluding carboxylic acids is 1. The van der Waals surface area contributed by atoms with E-state index in [0.717, 1.165) is 0 Å². The van der Waals surface area contributed by atoms with Gasteiger partial charge in [0.15, 0.2) is 0 Å². The second-order valence-electron chi connectivity index (χ2n) is 5.34. The molecule has 1 saturated heterocycles. The van der Waals surface area contributed by atoms with Gasteiger partial charge in [-0.3, -0.25) is 4.79 Å². The van der Waals surface area contributed by atoms with E-state index >= 15 is 0 Å². The van der Waals surface area contributed by atoms with Crippen LogP contribution in [0.15, 0.2) is 29.2 Å². The largest absolute Gasteiger partial charge is 0.329 e. The number of carbonyl (C=O) groups is 1. The first-order valence-corrected chi connectivity index (χ1v) is 8.89. The molecule has 1 aliphatic rings. The molecule has 1 amide bonds. The van der Waals surface area contributed by atoms with E-state index < -0.39 is 22.2 Å². The lowest BCUT2D eigenvalue weighted by atomic mass is 10.0. The smallest absolute Gasteiger partial charge is 0.241 e. The van der Waals surface area contributed by atoms with Gasteiger partial charge in [-0.1, -0.05) is 6.07 Å². The fourth-order valence-corrected chi connectivity index (χ4v) is 3.39. The summed E-state index contributed by atoms with van der Waals surface area (Å²) in [7, 11) is -3.66. The van der Waals surface area contributed by atoms with Crippen LogP contribution >= 0.6 is 0 Å². The molecule has 1 aromatic carbocycles. The fraction of sp³-hybridized carbons (Fsp3) is 0.500. The van der Waals surface area contributed by atoms with Gasteiger partial charge in [0.05, 0.1) is 10.9 Å². The number of sulfonamides is 1. The molecule has 0 aliphatic carbocycles. The summed E-state index contributed by atoms with van der Waals surface area (Å²) in [5.74, 6) is -0.304. The van der Waals surface area contributed by atoms with Gasteiger partial charge in [-0.25, -0.2) is 17.5 Å². The number of rotatable bonds is 6. The SMILES string of the molecule is NCCNS(=O)(=O)c1cccc(NC(=O)C2CCC(F)CN2)c1. The molecule has 1 aliphatic heterocycles. The minimum Gasteiger partial charge on any atom is -0.329 e. The van der Waals surface area contributed by atoms with Gasteiger partial charge in [0.25, 0.3) is 0 Å². The average Bonchev–Trinajstić information content (AvgIpc) is 2.54. The van der Waals surface area contributed by atoms with E-state index in [2.05, 4.69) is 15.4 Å². The van der Waals surface area contributed by atoms with Gasteiger partial charge >= 0.3 is 0 Å². The number of benzene rings is 1. The topological polar surface area (TPSA) is 113 Å². The Kier molecular flexibility index (Phi) is 6.05. The van der Waals surface area contributed by atoms with Crippen molar-refractivity contribution in [1.82, 2.24) is 10.0 Å². The molecule has 0 spiro atoms. The number of halogens is 1. The minimum absolute atomic E-state index is 0.0455. The summed E-state index contributed by atoms with van der Waals surface area (Å²) < 4.78 is 39.5. The summed E-state index contributed by atoms with van der Waals surface area (Å²) >= 11 is 0. The average molecular weight is 344 g/mol. The molecule has 1 heterocycles. The summed E-state index contributed by atoms with van der Waals surface area (Å²) in [5, 5.41) is 5.48. The van der Waals surface area contributed by atoms with Crippen molar-refractivity contribution in [1.29, 1.82) is 0 Å². The molecule has 2 rings (SSSR count). The second kappa shape index (κ2) is 7.82. The van der Waals surface area contributed by atoms with Crippen molar-refractivity contribution >= 4 is 21.6 Å². The standard InChI is InChI=1S/C14H21FN4O3S/c15-10-4-5-13(17-9-10)14(20)19-11-2-1-3-12(8-11)23(21,22)18-7-6-16/h1-3,8,10,13,17-18H,4-7,9,16H2,(H,19,20). The number of amides is 1. The molecule has 1 fully saturated rings. The first kappa shape index (κ1) is 17.8. The fourth-order valence-electron chi connectivity index (χ4n) is 2.29. The molecular weight excluding hydrogens is 323 g/mol. The maximum atomic E-state index is 13.1. The van der Waals surface area contributed by atoms with E-state index in [0.29, 0.717) is 18.5 Å². The van der Waals surface area contributed by atoms with E-state index in [-0.39, 0.29) is 30.4 Å². The lowest BCUT2D eigenvalue weighted by Gasteiger charge is -2.25. The Balaban J connectivity index is 2.04. The van der Waals surface area contributed by atoms with E-state index in [1.807, 2.05) is 0 Å². The molecule has 2 unspecified atom stereocenters. The van der Waals surface area contributed by atoms with Gasteiger partial charge in [-0.15, -0.1) is 0 Å². The summed E-state index contributed by atoms with van der Waals surface area (Å²) in [4.78, 5) is 12.2. The van der Waals surface area contributed by atoms with E-state index in [1.54, 1.807) is 12.1 Å². The number of anilines is 1. The predicted molar refractivity (Wildman–Crippen MR) is 85.2 cm³/mol. The number of hydrogen-bond donors (Lipinski definition) is 4. The van der Waals surface area contributed by atoms with Gasteiger partial charge in [0, 0.05) is 25.3 Å². The number of piperidine rings is 1. The lowest BCUT2D eigenvalue weighted by Crippen LogP contribution is -2.47. The molecule has 0 aromatic heterocycles. The van der Waals surface area contributed by atoms with Crippen LogP contribution < -0.4 is 21.1 Å². The van der Waals surface area contributed by atoms with Crippen LogP contribution in [0.4, 0.5) is 10.1 Å². The third-order valence-electron chi connectivity index (χ3n) is 3.52. The molecule has 0 radical (unpaired) electrons. The van der Waals surface area contributed by atoms with Gasteiger partial charge in [-0.05, 0) is 31.0 Å². The Morgan fingerprint density at radius 3 is 2.83 bits per heavy atom. The molecule has 128 valence electrons. The van der Waals surface area contributed by atoms with Crippen molar-refractivity contribution in [3.05, 3.63) is 24.3 Å². The molecule has 1 aromatic rings. The summed E-state index contributed by atoms with van der Waals surface area (Å²) in [6.07, 6.45) is -0.188. The zero-order chi connectivity index (χ0) is 16.9. The van der Waals surface area contributed by atoms with Gasteiger partial charge in [0.1, 0.15) is 6.17 Å². The lowest BCUT2D eigenvalue weighted by molar-refractivity contribution is -0.118. The Bertz CT molecular complexity index is 645. The summed E-state index contributed by atoms with van der Waals surface area (Å²) in [6.45, 7) is 0.476. The molecule has 9 heteroatoms. The monoisotopic (exact) mass is 344 g/mol. The van der Waals surface area contributed by atoms with Crippen LogP contribution in [0.25, 0.3) is 0 Å². The number of nitrogens with two attached hydrogens (primary N) is 1. The van der Waals surface area contributed by atoms with Crippen LogP contribution in [0.5, 0.6) is 0 Å².